The largest absolute Gasteiger partial charge is 2.00 e. The monoisotopic (exact) mass is 820 g/mol. The van der Waals surface area contributed by atoms with Crippen LogP contribution in [0.25, 0.3) is 0 Å². The molecular formula is C49H48OP2Pd+2. The van der Waals surface area contributed by atoms with E-state index in [1.807, 2.05) is 31.2 Å². The Bertz CT molecular complexity index is 1900. The number of hydrogen-bond acceptors (Lipinski definition) is 1. The third-order valence-corrected chi connectivity index (χ3v) is 14.5. The molecule has 268 valence electrons. The first-order valence-electron chi connectivity index (χ1n) is 17.7. The third kappa shape index (κ3) is 12.1. The van der Waals surface area contributed by atoms with Crippen molar-refractivity contribution in [3.05, 3.63) is 224 Å². The molecule has 0 heterocycles. The van der Waals surface area contributed by atoms with Gasteiger partial charge in [0.25, 0.3) is 0 Å². The van der Waals surface area contributed by atoms with Gasteiger partial charge in [0.2, 0.25) is 0 Å². The molecule has 0 saturated heterocycles. The fourth-order valence-corrected chi connectivity index (χ4v) is 11.9. The molecule has 0 aliphatic rings. The van der Waals surface area contributed by atoms with Crippen molar-refractivity contribution < 1.29 is 25.2 Å². The van der Waals surface area contributed by atoms with Crippen LogP contribution >= 0.6 is 15.8 Å². The van der Waals surface area contributed by atoms with E-state index in [-0.39, 0.29) is 31.6 Å². The number of aryl methyl sites for hydroxylation is 1. The minimum Gasteiger partial charge on any atom is -0.332 e. The van der Waals surface area contributed by atoms with E-state index in [1.54, 1.807) is 12.1 Å². The molecular weight excluding hydrogens is 773 g/mol. The zero-order valence-corrected chi connectivity index (χ0v) is 34.5. The van der Waals surface area contributed by atoms with Crippen LogP contribution in [-0.2, 0) is 25.8 Å². The number of benzene rings is 7. The van der Waals surface area contributed by atoms with Crippen molar-refractivity contribution in [2.24, 2.45) is 0 Å². The van der Waals surface area contributed by atoms with Crippen molar-refractivity contribution in [3.8, 4) is 0 Å². The summed E-state index contributed by atoms with van der Waals surface area (Å²) in [6, 6.07) is 71.9. The summed E-state index contributed by atoms with van der Waals surface area (Å²) >= 11 is 0. The van der Waals surface area contributed by atoms with Crippen LogP contribution in [0.1, 0.15) is 42.3 Å². The second kappa shape index (κ2) is 20.7. The Morgan fingerprint density at radius 1 is 0.491 bits per heavy atom. The van der Waals surface area contributed by atoms with Gasteiger partial charge < -0.3 is 4.79 Å². The molecule has 7 aromatic carbocycles. The van der Waals surface area contributed by atoms with Gasteiger partial charge in [-0.3, -0.25) is 0 Å². The molecule has 4 heteroatoms. The Kier molecular flexibility index (Phi) is 16.2. The van der Waals surface area contributed by atoms with Gasteiger partial charge in [0.1, 0.15) is 47.7 Å². The Morgan fingerprint density at radius 3 is 1.09 bits per heavy atom. The van der Waals surface area contributed by atoms with Crippen LogP contribution in [0.5, 0.6) is 0 Å². The SMILES string of the molecule is CC(C)(C)c1cc[c-]cc1.[CH2-]C(=O)c1ccc(C)cc1.[Pd+2].c1ccc([PH+](c2ccccc2)c2ccccc2[PH+](c2ccccc2)c2ccccc2)cc1. The number of carbonyl (C=O) groups is 1. The minimum absolute atomic E-state index is 0. The maximum Gasteiger partial charge on any atom is 2.00 e. The molecule has 0 atom stereocenters. The number of rotatable bonds is 7. The molecule has 0 radical (unpaired) electrons. The first kappa shape index (κ1) is 41.4. The van der Waals surface area contributed by atoms with Crippen molar-refractivity contribution in [3.63, 3.8) is 0 Å². The summed E-state index contributed by atoms with van der Waals surface area (Å²) in [5.41, 5.74) is 3.47. The zero-order chi connectivity index (χ0) is 36.8. The van der Waals surface area contributed by atoms with Crippen molar-refractivity contribution in [1.82, 2.24) is 0 Å². The van der Waals surface area contributed by atoms with Crippen LogP contribution in [0.4, 0.5) is 0 Å². The Morgan fingerprint density at radius 2 is 0.811 bits per heavy atom. The minimum atomic E-state index is -1.14. The Hall–Kier alpha value is -4.40. The maximum absolute atomic E-state index is 10.6. The summed E-state index contributed by atoms with van der Waals surface area (Å²) < 4.78 is 0. The van der Waals surface area contributed by atoms with Gasteiger partial charge in [-0.2, -0.15) is 42.8 Å². The number of carbonyl (C=O) groups excluding carboxylic acids is 1. The van der Waals surface area contributed by atoms with E-state index in [1.165, 1.54) is 37.4 Å². The van der Waals surface area contributed by atoms with Crippen LogP contribution < -0.4 is 31.8 Å². The van der Waals surface area contributed by atoms with E-state index >= 15 is 0 Å². The Labute approximate surface area is 333 Å². The van der Waals surface area contributed by atoms with Crippen LogP contribution in [0.3, 0.4) is 0 Å². The average molecular weight is 821 g/mol. The molecule has 1 nitrogen and oxygen atoms in total. The Balaban J connectivity index is 0.000000244. The molecule has 0 aliphatic carbocycles. The zero-order valence-electron chi connectivity index (χ0n) is 30.9. The molecule has 0 aliphatic heterocycles. The summed E-state index contributed by atoms with van der Waals surface area (Å²) in [6.07, 6.45) is 0. The number of Topliss-reactive ketones (excluding diaryl/α,β-unsaturated/α-hetero) is 1. The van der Waals surface area contributed by atoms with Crippen molar-refractivity contribution >= 4 is 53.5 Å². The quantitative estimate of drug-likeness (QED) is 0.0679. The van der Waals surface area contributed by atoms with Crippen LogP contribution in [-0.4, -0.2) is 5.78 Å². The molecule has 0 spiro atoms. The normalized spacial score (nSPS) is 10.6. The molecule has 0 amide bonds. The van der Waals surface area contributed by atoms with E-state index in [0.717, 1.165) is 5.56 Å². The van der Waals surface area contributed by atoms with E-state index in [0.29, 0.717) is 5.56 Å². The predicted octanol–water partition coefficient (Wildman–Crippen LogP) is 9.46. The molecule has 0 fully saturated rings. The average Bonchev–Trinajstić information content (AvgIpc) is 3.18. The number of ketones is 1. The second-order valence-corrected chi connectivity index (χ2v) is 18.5. The molecule has 7 rings (SSSR count). The molecule has 0 N–H and O–H groups in total. The number of hydrogen-bond donors (Lipinski definition) is 0. The first-order valence-corrected chi connectivity index (χ1v) is 20.7. The van der Waals surface area contributed by atoms with Gasteiger partial charge in [0.15, 0.2) is 0 Å². The van der Waals surface area contributed by atoms with E-state index in [4.69, 9.17) is 0 Å². The smallest absolute Gasteiger partial charge is 0.332 e. The molecule has 7 aromatic rings. The molecule has 0 aromatic heterocycles. The maximum atomic E-state index is 10.6. The third-order valence-electron chi connectivity index (χ3n) is 8.67. The van der Waals surface area contributed by atoms with E-state index in [9.17, 15) is 4.79 Å². The molecule has 0 bridgehead atoms. The van der Waals surface area contributed by atoms with Gasteiger partial charge in [-0.05, 0) is 73.0 Å². The van der Waals surface area contributed by atoms with Gasteiger partial charge in [0.05, 0.1) is 0 Å². The second-order valence-electron chi connectivity index (χ2n) is 13.6. The van der Waals surface area contributed by atoms with Crippen molar-refractivity contribution in [2.45, 2.75) is 33.1 Å². The predicted molar refractivity (Wildman–Crippen MR) is 231 cm³/mol. The molecule has 0 unspecified atom stereocenters. The van der Waals surface area contributed by atoms with Crippen LogP contribution in [0, 0.1) is 19.9 Å². The fraction of sp³-hybridized carbons (Fsp3) is 0.102. The standard InChI is InChI=1S/C30H24P2.C10H13.C9H9O.Pd/c1-5-15-25(16-6-1)31(26-17-7-2-8-18-26)29-23-13-14-24-30(29)32(27-19-9-3-10-20-27)28-21-11-4-12-22-28;1-10(2,3)9-7-5-4-6-8-9;1-7-3-5-9(6-4-7)8(2)10;/h1-24H;5-8H,1-3H3;3-6H,2H2,1H3;/q;2*-1;+2/p+2. The van der Waals surface area contributed by atoms with E-state index < -0.39 is 15.8 Å². The van der Waals surface area contributed by atoms with Crippen LogP contribution in [0.15, 0.2) is 194 Å². The summed E-state index contributed by atoms with van der Waals surface area (Å²) in [7, 11) is -2.28. The van der Waals surface area contributed by atoms with Crippen molar-refractivity contribution in [2.75, 3.05) is 0 Å². The van der Waals surface area contributed by atoms with Gasteiger partial charge in [-0.1, -0.05) is 123 Å². The van der Waals surface area contributed by atoms with Crippen molar-refractivity contribution in [1.29, 1.82) is 0 Å². The van der Waals surface area contributed by atoms with Gasteiger partial charge in [0, 0.05) is 5.78 Å². The van der Waals surface area contributed by atoms with Gasteiger partial charge >= 0.3 is 20.4 Å². The first-order chi connectivity index (χ1) is 25.2. The summed E-state index contributed by atoms with van der Waals surface area (Å²) in [6.45, 7) is 11.9. The van der Waals surface area contributed by atoms with E-state index in [2.05, 4.69) is 191 Å². The molecule has 53 heavy (non-hydrogen) atoms. The van der Waals surface area contributed by atoms with Gasteiger partial charge in [-0.15, -0.1) is 17.7 Å². The van der Waals surface area contributed by atoms with Gasteiger partial charge in [-0.25, -0.2) is 0 Å². The summed E-state index contributed by atoms with van der Waals surface area (Å²) in [5.74, 6) is -0.125. The fourth-order valence-electron chi connectivity index (χ4n) is 5.92. The topological polar surface area (TPSA) is 17.1 Å². The summed E-state index contributed by atoms with van der Waals surface area (Å²) in [4.78, 5) is 10.6. The summed E-state index contributed by atoms with van der Waals surface area (Å²) in [5, 5.41) is 8.71. The molecule has 0 saturated carbocycles. The van der Waals surface area contributed by atoms with Crippen LogP contribution in [0.2, 0.25) is 0 Å².